The van der Waals surface area contributed by atoms with Gasteiger partial charge in [-0.05, 0) is 28.8 Å². The van der Waals surface area contributed by atoms with Crippen LogP contribution in [0.15, 0.2) is 16.7 Å². The second-order valence-corrected chi connectivity index (χ2v) is 7.47. The Balaban J connectivity index is 1.88. The molecule has 1 aliphatic heterocycles. The zero-order valence-electron chi connectivity index (χ0n) is 14.5. The van der Waals surface area contributed by atoms with Crippen LogP contribution in [0.25, 0.3) is 11.3 Å². The van der Waals surface area contributed by atoms with Crippen LogP contribution < -0.4 is 9.64 Å². The first-order chi connectivity index (χ1) is 12.5. The van der Waals surface area contributed by atoms with Gasteiger partial charge in [-0.2, -0.15) is 10.4 Å². The van der Waals surface area contributed by atoms with Crippen LogP contribution in [0.4, 0.5) is 10.1 Å². The predicted molar refractivity (Wildman–Crippen MR) is 97.7 cm³/mol. The van der Waals surface area contributed by atoms with Crippen molar-refractivity contribution in [2.45, 2.75) is 25.0 Å². The van der Waals surface area contributed by atoms with E-state index in [0.717, 1.165) is 12.8 Å². The van der Waals surface area contributed by atoms with Gasteiger partial charge < -0.3 is 14.4 Å². The quantitative estimate of drug-likeness (QED) is 0.742. The van der Waals surface area contributed by atoms with Gasteiger partial charge in [-0.15, -0.1) is 0 Å². The number of nitrogens with zero attached hydrogens (tertiary/aromatic N) is 4. The van der Waals surface area contributed by atoms with Gasteiger partial charge in [-0.1, -0.05) is 0 Å². The number of methoxy groups -OCH3 is 1. The maximum absolute atomic E-state index is 15.5. The first-order valence-electron chi connectivity index (χ1n) is 8.42. The fourth-order valence-corrected chi connectivity index (χ4v) is 3.66. The summed E-state index contributed by atoms with van der Waals surface area (Å²) in [7, 11) is 3.37. The number of anilines is 1. The van der Waals surface area contributed by atoms with Crippen LogP contribution in [0.3, 0.4) is 0 Å². The van der Waals surface area contributed by atoms with Gasteiger partial charge in [-0.3, -0.25) is 4.68 Å². The molecule has 1 aromatic heterocycles. The molecule has 4 rings (SSSR count). The predicted octanol–water partition coefficient (Wildman–Crippen LogP) is 3.24. The summed E-state index contributed by atoms with van der Waals surface area (Å²) in [5.74, 6) is -0.0149. The summed E-state index contributed by atoms with van der Waals surface area (Å²) in [6.45, 7) is 1.21. The Hall–Kier alpha value is -2.11. The summed E-state index contributed by atoms with van der Waals surface area (Å²) in [4.78, 5) is 1.90. The van der Waals surface area contributed by atoms with Crippen LogP contribution in [0, 0.1) is 17.1 Å². The normalized spacial score (nSPS) is 17.1. The third-order valence-corrected chi connectivity index (χ3v) is 5.37. The Labute approximate surface area is 159 Å². The fourth-order valence-electron chi connectivity index (χ4n) is 3.12. The lowest BCUT2D eigenvalue weighted by Crippen LogP contribution is -2.52. The SMILES string of the molecule is COC1CN(c2cc(OC3CC3)c(C#N)c(-c3c(Br)cnn3C)c2F)C1. The van der Waals surface area contributed by atoms with Crippen LogP contribution in [-0.4, -0.2) is 42.2 Å². The monoisotopic (exact) mass is 420 g/mol. The average Bonchev–Trinajstić information content (AvgIpc) is 3.33. The van der Waals surface area contributed by atoms with Crippen molar-refractivity contribution in [3.63, 3.8) is 0 Å². The summed E-state index contributed by atoms with van der Waals surface area (Å²) in [5.41, 5.74) is 1.36. The van der Waals surface area contributed by atoms with E-state index >= 15 is 4.39 Å². The van der Waals surface area contributed by atoms with E-state index in [2.05, 4.69) is 27.1 Å². The van der Waals surface area contributed by atoms with E-state index in [1.54, 1.807) is 31.1 Å². The minimum atomic E-state index is -0.441. The second kappa shape index (κ2) is 6.56. The minimum Gasteiger partial charge on any atom is -0.489 e. The molecule has 1 saturated heterocycles. The molecule has 1 aromatic carbocycles. The molecular formula is C18H18BrFN4O2. The summed E-state index contributed by atoms with van der Waals surface area (Å²) in [6.07, 6.45) is 3.69. The smallest absolute Gasteiger partial charge is 0.157 e. The number of aryl methyl sites for hydroxylation is 1. The van der Waals surface area contributed by atoms with Gasteiger partial charge >= 0.3 is 0 Å². The standard InChI is InChI=1S/C18H18BrFN4O2/c1-23-18(13(19)7-22-23)16-12(6-21)15(26-10-3-4-10)5-14(17(16)20)24-8-11(9-24)25-2/h5,7,10-11H,3-4,8-9H2,1-2H3. The molecule has 6 nitrogen and oxygen atoms in total. The number of nitriles is 1. The van der Waals surface area contributed by atoms with Gasteiger partial charge in [0.1, 0.15) is 17.4 Å². The molecule has 0 radical (unpaired) electrons. The summed E-state index contributed by atoms with van der Waals surface area (Å²) >= 11 is 3.42. The maximum Gasteiger partial charge on any atom is 0.157 e. The van der Waals surface area contributed by atoms with Gasteiger partial charge in [0.05, 0.1) is 39.8 Å². The third kappa shape index (κ3) is 2.85. The van der Waals surface area contributed by atoms with Gasteiger partial charge in [-0.25, -0.2) is 4.39 Å². The molecule has 0 atom stereocenters. The second-order valence-electron chi connectivity index (χ2n) is 6.61. The first kappa shape index (κ1) is 17.3. The molecule has 1 saturated carbocycles. The Kier molecular flexibility index (Phi) is 4.37. The molecule has 8 heteroatoms. The van der Waals surface area contributed by atoms with E-state index in [-0.39, 0.29) is 23.3 Å². The minimum absolute atomic E-state index is 0.0877. The van der Waals surface area contributed by atoms with Gasteiger partial charge in [0.15, 0.2) is 5.82 Å². The van der Waals surface area contributed by atoms with E-state index in [1.165, 1.54) is 0 Å². The molecule has 2 aromatic rings. The van der Waals surface area contributed by atoms with Crippen molar-refractivity contribution < 1.29 is 13.9 Å². The molecule has 136 valence electrons. The highest BCUT2D eigenvalue weighted by Gasteiger charge is 2.34. The summed E-state index contributed by atoms with van der Waals surface area (Å²) in [6, 6.07) is 3.78. The van der Waals surface area contributed by atoms with Gasteiger partial charge in [0.2, 0.25) is 0 Å². The summed E-state index contributed by atoms with van der Waals surface area (Å²) in [5, 5.41) is 13.9. The Morgan fingerprint density at radius 3 is 2.62 bits per heavy atom. The number of hydrogen-bond donors (Lipinski definition) is 0. The lowest BCUT2D eigenvalue weighted by Gasteiger charge is -2.40. The zero-order chi connectivity index (χ0) is 18.4. The van der Waals surface area contributed by atoms with E-state index < -0.39 is 5.82 Å². The first-order valence-corrected chi connectivity index (χ1v) is 9.21. The van der Waals surface area contributed by atoms with Crippen molar-refractivity contribution in [1.82, 2.24) is 9.78 Å². The van der Waals surface area contributed by atoms with E-state index in [1.807, 2.05) is 4.90 Å². The lowest BCUT2D eigenvalue weighted by atomic mass is 9.99. The lowest BCUT2D eigenvalue weighted by molar-refractivity contribution is 0.0783. The van der Waals surface area contributed by atoms with Crippen molar-refractivity contribution >= 4 is 21.6 Å². The zero-order valence-corrected chi connectivity index (χ0v) is 16.1. The van der Waals surface area contributed by atoms with Crippen molar-refractivity contribution in [3.05, 3.63) is 28.1 Å². The van der Waals surface area contributed by atoms with Crippen LogP contribution in [0.1, 0.15) is 18.4 Å². The Morgan fingerprint density at radius 1 is 1.35 bits per heavy atom. The number of aromatic nitrogens is 2. The molecule has 0 N–H and O–H groups in total. The molecule has 0 unspecified atom stereocenters. The molecule has 2 heterocycles. The van der Waals surface area contributed by atoms with Gasteiger partial charge in [0, 0.05) is 33.3 Å². The van der Waals surface area contributed by atoms with Crippen molar-refractivity contribution in [2.24, 2.45) is 7.05 Å². The number of rotatable bonds is 5. The van der Waals surface area contributed by atoms with E-state index in [9.17, 15) is 5.26 Å². The average molecular weight is 421 g/mol. The molecule has 1 aliphatic carbocycles. The highest BCUT2D eigenvalue weighted by molar-refractivity contribution is 9.10. The summed E-state index contributed by atoms with van der Waals surface area (Å²) < 4.78 is 29.0. The topological polar surface area (TPSA) is 63.3 Å². The molecule has 2 fully saturated rings. The fraction of sp³-hybridized carbons (Fsp3) is 0.444. The Bertz CT molecular complexity index is 878. The highest BCUT2D eigenvalue weighted by atomic mass is 79.9. The van der Waals surface area contributed by atoms with Crippen LogP contribution in [0.5, 0.6) is 5.75 Å². The number of halogens is 2. The van der Waals surface area contributed by atoms with Crippen LogP contribution in [-0.2, 0) is 11.8 Å². The van der Waals surface area contributed by atoms with Gasteiger partial charge in [0.25, 0.3) is 0 Å². The van der Waals surface area contributed by atoms with Crippen molar-refractivity contribution in [3.8, 4) is 23.1 Å². The molecule has 0 spiro atoms. The molecule has 0 bridgehead atoms. The number of ether oxygens (including phenoxy) is 2. The van der Waals surface area contributed by atoms with Crippen LogP contribution >= 0.6 is 15.9 Å². The van der Waals surface area contributed by atoms with Crippen molar-refractivity contribution in [2.75, 3.05) is 25.1 Å². The number of benzene rings is 1. The number of hydrogen-bond acceptors (Lipinski definition) is 5. The molecule has 26 heavy (non-hydrogen) atoms. The van der Waals surface area contributed by atoms with E-state index in [4.69, 9.17) is 9.47 Å². The van der Waals surface area contributed by atoms with E-state index in [0.29, 0.717) is 34.7 Å². The largest absolute Gasteiger partial charge is 0.489 e. The Morgan fingerprint density at radius 2 is 2.08 bits per heavy atom. The molecular weight excluding hydrogens is 403 g/mol. The molecule has 2 aliphatic rings. The third-order valence-electron chi connectivity index (χ3n) is 4.79. The van der Waals surface area contributed by atoms with Crippen molar-refractivity contribution in [1.29, 1.82) is 5.26 Å². The molecule has 0 amide bonds. The maximum atomic E-state index is 15.5. The van der Waals surface area contributed by atoms with Crippen LogP contribution in [0.2, 0.25) is 0 Å². The highest BCUT2D eigenvalue weighted by Crippen LogP contribution is 2.43.